The average molecular weight is 271 g/mol. The summed E-state index contributed by atoms with van der Waals surface area (Å²) in [5.74, 6) is -0.0413. The number of fused-ring (bicyclic) bond motifs is 1. The summed E-state index contributed by atoms with van der Waals surface area (Å²) >= 11 is 0. The second kappa shape index (κ2) is 5.63. The molecule has 2 rings (SSSR count). The Morgan fingerprint density at radius 3 is 2.40 bits per heavy atom. The molecule has 2 aromatic carbocycles. The molecule has 0 aliphatic heterocycles. The van der Waals surface area contributed by atoms with Crippen molar-refractivity contribution in [3.05, 3.63) is 48.0 Å². The molecule has 106 valence electrons. The minimum absolute atomic E-state index is 0.0413. The topological polar surface area (TPSA) is 40.5 Å². The van der Waals surface area contributed by atoms with Crippen molar-refractivity contribution in [3.8, 4) is 0 Å². The van der Waals surface area contributed by atoms with Crippen LogP contribution in [-0.2, 0) is 0 Å². The third kappa shape index (κ3) is 3.36. The van der Waals surface area contributed by atoms with Gasteiger partial charge in [-0.15, -0.1) is 0 Å². The van der Waals surface area contributed by atoms with Crippen LogP contribution in [0.1, 0.15) is 31.1 Å². The van der Waals surface area contributed by atoms with Crippen molar-refractivity contribution in [1.29, 1.82) is 0 Å². The van der Waals surface area contributed by atoms with Gasteiger partial charge in [-0.3, -0.25) is 4.79 Å². The second-order valence-corrected chi connectivity index (χ2v) is 5.69. The van der Waals surface area contributed by atoms with E-state index in [0.29, 0.717) is 18.7 Å². The van der Waals surface area contributed by atoms with E-state index in [0.717, 1.165) is 10.8 Å². The third-order valence-corrected chi connectivity index (χ3v) is 3.24. The van der Waals surface area contributed by atoms with Gasteiger partial charge in [0.2, 0.25) is 0 Å². The summed E-state index contributed by atoms with van der Waals surface area (Å²) in [5.41, 5.74) is -0.225. The summed E-state index contributed by atoms with van der Waals surface area (Å²) in [6.45, 7) is 6.25. The molecule has 3 nitrogen and oxygen atoms in total. The van der Waals surface area contributed by atoms with E-state index in [9.17, 15) is 9.90 Å². The molecule has 0 aromatic heterocycles. The number of aliphatic hydroxyl groups is 1. The number of nitrogens with zero attached hydrogens (tertiary/aromatic N) is 1. The highest BCUT2D eigenvalue weighted by Crippen LogP contribution is 2.17. The van der Waals surface area contributed by atoms with Gasteiger partial charge in [0.05, 0.1) is 5.60 Å². The molecule has 20 heavy (non-hydrogen) atoms. The Kier molecular flexibility index (Phi) is 4.09. The Morgan fingerprint density at radius 2 is 1.80 bits per heavy atom. The fraction of sp³-hybridized carbons (Fsp3) is 0.353. The number of hydrogen-bond acceptors (Lipinski definition) is 2. The van der Waals surface area contributed by atoms with Crippen LogP contribution in [0.5, 0.6) is 0 Å². The van der Waals surface area contributed by atoms with E-state index >= 15 is 0 Å². The molecule has 0 saturated carbocycles. The number of benzene rings is 2. The number of carbonyl (C=O) groups excluding carboxylic acids is 1. The van der Waals surface area contributed by atoms with Crippen LogP contribution in [0.15, 0.2) is 42.5 Å². The van der Waals surface area contributed by atoms with Gasteiger partial charge in [-0.25, -0.2) is 0 Å². The zero-order valence-corrected chi connectivity index (χ0v) is 12.3. The molecule has 1 N–H and O–H groups in total. The van der Waals surface area contributed by atoms with Gasteiger partial charge in [-0.05, 0) is 43.7 Å². The first-order chi connectivity index (χ1) is 9.40. The lowest BCUT2D eigenvalue weighted by atomic mass is 10.0. The van der Waals surface area contributed by atoms with E-state index < -0.39 is 5.60 Å². The molecule has 3 heteroatoms. The number of amides is 1. The van der Waals surface area contributed by atoms with E-state index in [1.807, 2.05) is 49.4 Å². The number of likely N-dealkylation sites (N-methyl/N-ethyl adjacent to an activating group) is 1. The van der Waals surface area contributed by atoms with Gasteiger partial charge >= 0.3 is 0 Å². The molecule has 0 atom stereocenters. The molecule has 0 radical (unpaired) electrons. The summed E-state index contributed by atoms with van der Waals surface area (Å²) in [4.78, 5) is 14.2. The Morgan fingerprint density at radius 1 is 1.15 bits per heavy atom. The SMILES string of the molecule is CCN(CC(C)(C)O)C(=O)c1ccc2ccccc2c1. The lowest BCUT2D eigenvalue weighted by Gasteiger charge is -2.28. The summed E-state index contributed by atoms with van der Waals surface area (Å²) in [7, 11) is 0. The maximum absolute atomic E-state index is 12.5. The van der Waals surface area contributed by atoms with E-state index in [1.54, 1.807) is 18.7 Å². The van der Waals surface area contributed by atoms with Gasteiger partial charge < -0.3 is 10.0 Å². The van der Waals surface area contributed by atoms with Crippen molar-refractivity contribution >= 4 is 16.7 Å². The molecule has 0 unspecified atom stereocenters. The molecular formula is C17H21NO2. The van der Waals surface area contributed by atoms with Crippen LogP contribution < -0.4 is 0 Å². The predicted molar refractivity (Wildman–Crippen MR) is 81.8 cm³/mol. The normalized spacial score (nSPS) is 11.6. The molecule has 0 saturated heterocycles. The fourth-order valence-electron chi connectivity index (χ4n) is 2.30. The minimum atomic E-state index is -0.886. The van der Waals surface area contributed by atoms with Gasteiger partial charge in [-0.1, -0.05) is 30.3 Å². The van der Waals surface area contributed by atoms with Crippen molar-refractivity contribution in [2.45, 2.75) is 26.4 Å². The molecule has 2 aromatic rings. The van der Waals surface area contributed by atoms with Crippen LogP contribution in [0.2, 0.25) is 0 Å². The summed E-state index contributed by atoms with van der Waals surface area (Å²) in [5, 5.41) is 12.1. The summed E-state index contributed by atoms with van der Waals surface area (Å²) < 4.78 is 0. The zero-order valence-electron chi connectivity index (χ0n) is 12.3. The molecule has 0 heterocycles. The van der Waals surface area contributed by atoms with E-state index in [1.165, 1.54) is 0 Å². The smallest absolute Gasteiger partial charge is 0.253 e. The van der Waals surface area contributed by atoms with Crippen molar-refractivity contribution in [2.75, 3.05) is 13.1 Å². The summed E-state index contributed by atoms with van der Waals surface area (Å²) in [6, 6.07) is 13.7. The molecule has 0 fully saturated rings. The molecule has 0 spiro atoms. The highest BCUT2D eigenvalue weighted by molar-refractivity contribution is 5.98. The number of rotatable bonds is 4. The van der Waals surface area contributed by atoms with E-state index in [-0.39, 0.29) is 5.91 Å². The third-order valence-electron chi connectivity index (χ3n) is 3.24. The quantitative estimate of drug-likeness (QED) is 0.928. The minimum Gasteiger partial charge on any atom is -0.389 e. The van der Waals surface area contributed by atoms with Crippen LogP contribution >= 0.6 is 0 Å². The van der Waals surface area contributed by atoms with Crippen LogP contribution in [0.25, 0.3) is 10.8 Å². The van der Waals surface area contributed by atoms with E-state index in [4.69, 9.17) is 0 Å². The van der Waals surface area contributed by atoms with Gasteiger partial charge in [0.15, 0.2) is 0 Å². The predicted octanol–water partition coefficient (Wildman–Crippen LogP) is 3.07. The van der Waals surface area contributed by atoms with E-state index in [2.05, 4.69) is 0 Å². The van der Waals surface area contributed by atoms with Gasteiger partial charge in [-0.2, -0.15) is 0 Å². The molecular weight excluding hydrogens is 250 g/mol. The number of hydrogen-bond donors (Lipinski definition) is 1. The fourth-order valence-corrected chi connectivity index (χ4v) is 2.30. The van der Waals surface area contributed by atoms with Crippen molar-refractivity contribution < 1.29 is 9.90 Å². The second-order valence-electron chi connectivity index (χ2n) is 5.69. The first-order valence-corrected chi connectivity index (χ1v) is 6.91. The van der Waals surface area contributed by atoms with Crippen LogP contribution in [0, 0.1) is 0 Å². The van der Waals surface area contributed by atoms with Crippen molar-refractivity contribution in [1.82, 2.24) is 4.90 Å². The van der Waals surface area contributed by atoms with Crippen molar-refractivity contribution in [3.63, 3.8) is 0 Å². The zero-order chi connectivity index (χ0) is 14.8. The monoisotopic (exact) mass is 271 g/mol. The first kappa shape index (κ1) is 14.5. The van der Waals surface area contributed by atoms with Gasteiger partial charge in [0.1, 0.15) is 0 Å². The lowest BCUT2D eigenvalue weighted by molar-refractivity contribution is 0.0315. The Bertz CT molecular complexity index is 614. The maximum atomic E-state index is 12.5. The Hall–Kier alpha value is -1.87. The van der Waals surface area contributed by atoms with Crippen molar-refractivity contribution in [2.24, 2.45) is 0 Å². The lowest BCUT2D eigenvalue weighted by Crippen LogP contribution is -2.42. The highest BCUT2D eigenvalue weighted by Gasteiger charge is 2.22. The van der Waals surface area contributed by atoms with Crippen LogP contribution in [0.3, 0.4) is 0 Å². The molecule has 0 aliphatic rings. The van der Waals surface area contributed by atoms with Crippen LogP contribution in [0.4, 0.5) is 0 Å². The standard InChI is InChI=1S/C17H21NO2/c1-4-18(12-17(2,3)20)16(19)15-10-9-13-7-5-6-8-14(13)11-15/h5-11,20H,4,12H2,1-3H3. The largest absolute Gasteiger partial charge is 0.389 e. The Labute approximate surface area is 119 Å². The molecule has 0 bridgehead atoms. The van der Waals surface area contributed by atoms with Gasteiger partial charge in [0, 0.05) is 18.7 Å². The Balaban J connectivity index is 2.29. The molecule has 1 amide bonds. The highest BCUT2D eigenvalue weighted by atomic mass is 16.3. The van der Waals surface area contributed by atoms with Gasteiger partial charge in [0.25, 0.3) is 5.91 Å². The molecule has 0 aliphatic carbocycles. The first-order valence-electron chi connectivity index (χ1n) is 6.91. The van der Waals surface area contributed by atoms with Crippen LogP contribution in [-0.4, -0.2) is 34.6 Å². The average Bonchev–Trinajstić information content (AvgIpc) is 2.42. The summed E-state index contributed by atoms with van der Waals surface area (Å²) in [6.07, 6.45) is 0. The maximum Gasteiger partial charge on any atom is 0.253 e. The number of carbonyl (C=O) groups is 1.